The minimum Gasteiger partial charge on any atom is -0.380 e. The van der Waals surface area contributed by atoms with Crippen LogP contribution in [0, 0.1) is 11.8 Å². The van der Waals surface area contributed by atoms with Crippen molar-refractivity contribution in [3.63, 3.8) is 0 Å². The highest BCUT2D eigenvalue weighted by molar-refractivity contribution is 5.24. The number of aryl methyl sites for hydroxylation is 2. The van der Waals surface area contributed by atoms with Crippen LogP contribution in [0.4, 0.5) is 0 Å². The minimum atomic E-state index is 0.714. The Bertz CT molecular complexity index is 763. The largest absolute Gasteiger partial charge is 0.380 e. The molecule has 1 aliphatic carbocycles. The van der Waals surface area contributed by atoms with Crippen molar-refractivity contribution >= 4 is 0 Å². The smallest absolute Gasteiger partial charge is 0.0713 e. The molecular formula is C31H44O. The molecule has 1 nitrogen and oxygen atoms in total. The van der Waals surface area contributed by atoms with Gasteiger partial charge in [0, 0.05) is 7.11 Å². The van der Waals surface area contributed by atoms with E-state index in [0.29, 0.717) is 6.61 Å². The second-order valence-corrected chi connectivity index (χ2v) is 9.82. The number of hydrogen-bond acceptors (Lipinski definition) is 1. The highest BCUT2D eigenvalue weighted by Gasteiger charge is 2.20. The summed E-state index contributed by atoms with van der Waals surface area (Å²) < 4.78 is 5.20. The number of methoxy groups -OCH3 is 1. The predicted octanol–water partition coefficient (Wildman–Crippen LogP) is 8.49. The Kier molecular flexibility index (Phi) is 11.1. The number of rotatable bonds is 13. The van der Waals surface area contributed by atoms with Gasteiger partial charge in [0.25, 0.3) is 0 Å². The van der Waals surface area contributed by atoms with Gasteiger partial charge in [0.15, 0.2) is 0 Å². The molecule has 32 heavy (non-hydrogen) atoms. The van der Waals surface area contributed by atoms with Gasteiger partial charge < -0.3 is 4.74 Å². The van der Waals surface area contributed by atoms with Crippen LogP contribution >= 0.6 is 0 Å². The SMILES string of the molecule is CC/C=C/Cc1ccc(CCC2CCC(CCCCc3ccc(COC)cc3)CC2)cc1. The summed E-state index contributed by atoms with van der Waals surface area (Å²) in [6, 6.07) is 18.3. The van der Waals surface area contributed by atoms with Crippen LogP contribution in [0.3, 0.4) is 0 Å². The molecule has 1 fully saturated rings. The molecule has 0 saturated heterocycles. The summed E-state index contributed by atoms with van der Waals surface area (Å²) in [5.41, 5.74) is 5.69. The maximum atomic E-state index is 5.20. The third-order valence-electron chi connectivity index (χ3n) is 7.25. The summed E-state index contributed by atoms with van der Waals surface area (Å²) >= 11 is 0. The average Bonchev–Trinajstić information content (AvgIpc) is 2.83. The van der Waals surface area contributed by atoms with Crippen molar-refractivity contribution in [3.05, 3.63) is 82.9 Å². The molecule has 0 unspecified atom stereocenters. The fourth-order valence-electron chi connectivity index (χ4n) is 5.14. The van der Waals surface area contributed by atoms with Crippen LogP contribution in [0.5, 0.6) is 0 Å². The topological polar surface area (TPSA) is 9.23 Å². The number of benzene rings is 2. The van der Waals surface area contributed by atoms with E-state index in [2.05, 4.69) is 67.6 Å². The highest BCUT2D eigenvalue weighted by atomic mass is 16.5. The zero-order valence-corrected chi connectivity index (χ0v) is 20.5. The Morgan fingerprint density at radius 2 is 1.25 bits per heavy atom. The van der Waals surface area contributed by atoms with Crippen LogP contribution in [0.2, 0.25) is 0 Å². The molecule has 0 aromatic heterocycles. The molecule has 0 bridgehead atoms. The fraction of sp³-hybridized carbons (Fsp3) is 0.548. The van der Waals surface area contributed by atoms with E-state index in [4.69, 9.17) is 4.74 Å². The van der Waals surface area contributed by atoms with Crippen molar-refractivity contribution < 1.29 is 4.74 Å². The van der Waals surface area contributed by atoms with Crippen molar-refractivity contribution in [1.82, 2.24) is 0 Å². The summed E-state index contributed by atoms with van der Waals surface area (Å²) in [5, 5.41) is 0. The van der Waals surface area contributed by atoms with Gasteiger partial charge in [-0.15, -0.1) is 0 Å². The lowest BCUT2D eigenvalue weighted by atomic mass is 9.77. The standard InChI is InChI=1S/C31H44O/c1-3-4-5-8-26-11-15-29(16-12-26)19-20-30-17-13-27(14-18-30)9-6-7-10-28-21-23-31(24-22-28)25-32-2/h4-5,11-12,15-16,21-24,27,30H,3,6-10,13-14,17-20,25H2,1-2H3/b5-4+. The van der Waals surface area contributed by atoms with E-state index >= 15 is 0 Å². The second kappa shape index (κ2) is 14.3. The molecule has 2 aromatic carbocycles. The molecule has 0 heterocycles. The van der Waals surface area contributed by atoms with Crippen LogP contribution in [-0.2, 0) is 30.6 Å². The van der Waals surface area contributed by atoms with Gasteiger partial charge in [-0.3, -0.25) is 0 Å². The van der Waals surface area contributed by atoms with Gasteiger partial charge in [0.1, 0.15) is 0 Å². The van der Waals surface area contributed by atoms with Crippen LogP contribution in [-0.4, -0.2) is 7.11 Å². The van der Waals surface area contributed by atoms with Gasteiger partial charge >= 0.3 is 0 Å². The molecule has 1 aliphatic rings. The third-order valence-corrected chi connectivity index (χ3v) is 7.25. The van der Waals surface area contributed by atoms with E-state index in [-0.39, 0.29) is 0 Å². The lowest BCUT2D eigenvalue weighted by Gasteiger charge is -2.28. The van der Waals surface area contributed by atoms with Gasteiger partial charge in [0.05, 0.1) is 6.61 Å². The van der Waals surface area contributed by atoms with Crippen LogP contribution in [0.25, 0.3) is 0 Å². The first kappa shape index (κ1) is 24.8. The number of allylic oxidation sites excluding steroid dienone is 2. The summed E-state index contributed by atoms with van der Waals surface area (Å²) in [7, 11) is 1.76. The Hall–Kier alpha value is -1.86. The van der Waals surface area contributed by atoms with Crippen LogP contribution in [0.1, 0.15) is 87.0 Å². The molecule has 1 heteroatoms. The first-order valence-corrected chi connectivity index (χ1v) is 13.1. The van der Waals surface area contributed by atoms with Crippen molar-refractivity contribution in [1.29, 1.82) is 0 Å². The number of ether oxygens (including phenoxy) is 1. The Morgan fingerprint density at radius 3 is 1.88 bits per heavy atom. The first-order valence-electron chi connectivity index (χ1n) is 13.1. The quantitative estimate of drug-likeness (QED) is 0.228. The summed E-state index contributed by atoms with van der Waals surface area (Å²) in [5.74, 6) is 1.93. The number of hydrogen-bond donors (Lipinski definition) is 0. The molecule has 2 aromatic rings. The first-order chi connectivity index (χ1) is 15.8. The summed E-state index contributed by atoms with van der Waals surface area (Å²) in [6.45, 7) is 2.91. The van der Waals surface area contributed by atoms with E-state index < -0.39 is 0 Å². The van der Waals surface area contributed by atoms with Crippen molar-refractivity contribution in [2.75, 3.05) is 7.11 Å². The fourth-order valence-corrected chi connectivity index (χ4v) is 5.14. The third kappa shape index (κ3) is 8.94. The van der Waals surface area contributed by atoms with Gasteiger partial charge in [-0.1, -0.05) is 106 Å². The molecule has 0 aliphatic heterocycles. The lowest BCUT2D eigenvalue weighted by molar-refractivity contribution is 0.185. The highest BCUT2D eigenvalue weighted by Crippen LogP contribution is 2.34. The maximum absolute atomic E-state index is 5.20. The zero-order chi connectivity index (χ0) is 22.4. The monoisotopic (exact) mass is 432 g/mol. The lowest BCUT2D eigenvalue weighted by Crippen LogP contribution is -2.15. The van der Waals surface area contributed by atoms with E-state index in [9.17, 15) is 0 Å². The molecule has 0 N–H and O–H groups in total. The second-order valence-electron chi connectivity index (χ2n) is 9.82. The minimum absolute atomic E-state index is 0.714. The van der Waals surface area contributed by atoms with E-state index in [1.54, 1.807) is 7.11 Å². The molecular weight excluding hydrogens is 388 g/mol. The zero-order valence-electron chi connectivity index (χ0n) is 20.5. The normalized spacial score (nSPS) is 18.9. The summed E-state index contributed by atoms with van der Waals surface area (Å²) in [4.78, 5) is 0. The molecule has 3 rings (SSSR count). The van der Waals surface area contributed by atoms with Crippen molar-refractivity contribution in [3.8, 4) is 0 Å². The van der Waals surface area contributed by atoms with Gasteiger partial charge in [-0.25, -0.2) is 0 Å². The average molecular weight is 433 g/mol. The van der Waals surface area contributed by atoms with E-state index in [1.807, 2.05) is 0 Å². The predicted molar refractivity (Wildman–Crippen MR) is 138 cm³/mol. The molecule has 0 radical (unpaired) electrons. The summed E-state index contributed by atoms with van der Waals surface area (Å²) in [6.07, 6.45) is 20.5. The van der Waals surface area contributed by atoms with Gasteiger partial charge in [-0.05, 0) is 72.6 Å². The van der Waals surface area contributed by atoms with Crippen molar-refractivity contribution in [2.45, 2.75) is 90.6 Å². The maximum Gasteiger partial charge on any atom is 0.0713 e. The molecule has 0 amide bonds. The molecule has 0 spiro atoms. The Labute approximate surface area is 197 Å². The Morgan fingerprint density at radius 1 is 0.688 bits per heavy atom. The van der Waals surface area contributed by atoms with E-state index in [1.165, 1.54) is 86.5 Å². The molecule has 174 valence electrons. The van der Waals surface area contributed by atoms with Crippen LogP contribution in [0.15, 0.2) is 60.7 Å². The van der Waals surface area contributed by atoms with E-state index in [0.717, 1.165) is 24.7 Å². The van der Waals surface area contributed by atoms with Crippen LogP contribution < -0.4 is 0 Å². The molecule has 1 saturated carbocycles. The van der Waals surface area contributed by atoms with Gasteiger partial charge in [-0.2, -0.15) is 0 Å². The number of unbranched alkanes of at least 4 members (excludes halogenated alkanes) is 1. The van der Waals surface area contributed by atoms with Crippen molar-refractivity contribution in [2.24, 2.45) is 11.8 Å². The Balaban J connectivity index is 1.26. The van der Waals surface area contributed by atoms with Gasteiger partial charge in [0.2, 0.25) is 0 Å². The molecule has 0 atom stereocenters.